The van der Waals surface area contributed by atoms with Crippen molar-refractivity contribution >= 4 is 18.0 Å². The molecular weight excluding hydrogens is 564 g/mol. The topological polar surface area (TPSA) is 104 Å². The number of esters is 1. The summed E-state index contributed by atoms with van der Waals surface area (Å²) in [6.45, 7) is 14.5. The standard InChI is InChI=1S/C38H52O5.CH4O/c1-24-8-7-19-38(33(41)42)23-22-36(5)27(32(24)38)14-15-29-35(4)20-18-30(34(2,3)28(35)17-21-37(29,36)6)43-31(40)16-11-25-9-12-26(39)13-10-25;1-2/h9-14,16,24,28-30,32,39H,7-8,15,17-23H2,1-6H3,(H,41,42);2H,1H3/b16-11+;/t24?,28?,29?,30?,32?,35?,36-,37?,38?;/m1./s1. The van der Waals surface area contributed by atoms with Crippen molar-refractivity contribution in [2.75, 3.05) is 7.11 Å². The van der Waals surface area contributed by atoms with Crippen LogP contribution in [-0.4, -0.2) is 40.5 Å². The van der Waals surface area contributed by atoms with Crippen molar-refractivity contribution in [3.05, 3.63) is 47.6 Å². The highest BCUT2D eigenvalue weighted by Crippen LogP contribution is 2.75. The van der Waals surface area contributed by atoms with Gasteiger partial charge in [-0.2, -0.15) is 0 Å². The number of hydrogen-bond donors (Lipinski definition) is 3. The van der Waals surface area contributed by atoms with Crippen LogP contribution in [0.2, 0.25) is 0 Å². The van der Waals surface area contributed by atoms with Crippen molar-refractivity contribution in [3.63, 3.8) is 0 Å². The van der Waals surface area contributed by atoms with Crippen molar-refractivity contribution in [3.8, 4) is 5.75 Å². The first-order chi connectivity index (χ1) is 21.2. The molecular formula is C39H56O6. The van der Waals surface area contributed by atoms with E-state index in [-0.39, 0.29) is 45.4 Å². The quantitative estimate of drug-likeness (QED) is 0.177. The highest BCUT2D eigenvalue weighted by Gasteiger charge is 2.69. The highest BCUT2D eigenvalue weighted by molar-refractivity contribution is 5.87. The second-order valence-corrected chi connectivity index (χ2v) is 16.3. The average Bonchev–Trinajstić information content (AvgIpc) is 2.99. The van der Waals surface area contributed by atoms with Crippen LogP contribution in [0.5, 0.6) is 5.75 Å². The van der Waals surface area contributed by atoms with Gasteiger partial charge in [0.2, 0.25) is 0 Å². The number of aliphatic hydroxyl groups excluding tert-OH is 1. The summed E-state index contributed by atoms with van der Waals surface area (Å²) in [5, 5.41) is 27.1. The van der Waals surface area contributed by atoms with Crippen molar-refractivity contribution in [2.24, 2.45) is 50.7 Å². The molecule has 1 aromatic carbocycles. The van der Waals surface area contributed by atoms with Crippen molar-refractivity contribution in [1.82, 2.24) is 0 Å². The molecule has 5 aliphatic rings. The lowest BCUT2D eigenvalue weighted by Gasteiger charge is -2.71. The molecule has 6 rings (SSSR count). The molecule has 3 N–H and O–H groups in total. The fourth-order valence-corrected chi connectivity index (χ4v) is 11.9. The van der Waals surface area contributed by atoms with Gasteiger partial charge in [0.05, 0.1) is 5.41 Å². The molecule has 0 heterocycles. The normalized spacial score (nSPS) is 41.6. The molecule has 9 atom stereocenters. The number of carboxylic acids is 1. The van der Waals surface area contributed by atoms with Gasteiger partial charge in [0.15, 0.2) is 0 Å². The van der Waals surface area contributed by atoms with Crippen LogP contribution in [0.4, 0.5) is 0 Å². The van der Waals surface area contributed by atoms with Gasteiger partial charge in [-0.05, 0) is 115 Å². The van der Waals surface area contributed by atoms with Gasteiger partial charge in [-0.1, -0.05) is 78.2 Å². The smallest absolute Gasteiger partial charge is 0.331 e. The lowest BCUT2D eigenvalue weighted by atomic mass is 9.33. The Morgan fingerprint density at radius 1 is 0.889 bits per heavy atom. The Kier molecular flexibility index (Phi) is 8.92. The Bertz CT molecular complexity index is 1340. The molecule has 8 unspecified atom stereocenters. The third kappa shape index (κ3) is 5.09. The summed E-state index contributed by atoms with van der Waals surface area (Å²) >= 11 is 0. The molecule has 5 aliphatic carbocycles. The number of fused-ring (bicyclic) bond motifs is 7. The van der Waals surface area contributed by atoms with Gasteiger partial charge in [0.1, 0.15) is 11.9 Å². The van der Waals surface area contributed by atoms with Gasteiger partial charge in [-0.25, -0.2) is 4.79 Å². The molecule has 0 saturated heterocycles. The summed E-state index contributed by atoms with van der Waals surface area (Å²) in [5.74, 6) is 0.862. The van der Waals surface area contributed by atoms with Crippen LogP contribution in [0.15, 0.2) is 42.0 Å². The molecule has 4 fully saturated rings. The maximum atomic E-state index is 13.0. The lowest BCUT2D eigenvalue weighted by molar-refractivity contribution is -0.212. The summed E-state index contributed by atoms with van der Waals surface area (Å²) in [7, 11) is 1.00. The van der Waals surface area contributed by atoms with Gasteiger partial charge in [0, 0.05) is 18.6 Å². The number of allylic oxidation sites excluding steroid dienone is 2. The van der Waals surface area contributed by atoms with Crippen LogP contribution >= 0.6 is 0 Å². The minimum absolute atomic E-state index is 0.0194. The minimum atomic E-state index is -0.589. The van der Waals surface area contributed by atoms with E-state index >= 15 is 0 Å². The number of aliphatic hydroxyl groups is 1. The van der Waals surface area contributed by atoms with Crippen molar-refractivity contribution in [1.29, 1.82) is 0 Å². The zero-order chi connectivity index (χ0) is 33.0. The van der Waals surface area contributed by atoms with Crippen molar-refractivity contribution in [2.45, 2.75) is 112 Å². The summed E-state index contributed by atoms with van der Waals surface area (Å²) in [5.41, 5.74) is 1.86. The number of phenolic OH excluding ortho intramolecular Hbond substituents is 1. The fourth-order valence-electron chi connectivity index (χ4n) is 11.9. The van der Waals surface area contributed by atoms with Crippen LogP contribution in [0, 0.1) is 50.7 Å². The van der Waals surface area contributed by atoms with Crippen LogP contribution in [0.3, 0.4) is 0 Å². The maximum Gasteiger partial charge on any atom is 0.331 e. The summed E-state index contributed by atoms with van der Waals surface area (Å²) < 4.78 is 6.17. The molecule has 0 bridgehead atoms. The maximum absolute atomic E-state index is 13.0. The van der Waals surface area contributed by atoms with E-state index in [2.05, 4.69) is 47.6 Å². The number of carbonyl (C=O) groups is 2. The van der Waals surface area contributed by atoms with Crippen LogP contribution in [0.1, 0.15) is 111 Å². The third-order valence-electron chi connectivity index (χ3n) is 14.3. The highest BCUT2D eigenvalue weighted by atomic mass is 16.5. The number of ether oxygens (including phenoxy) is 1. The number of rotatable bonds is 4. The Labute approximate surface area is 270 Å². The SMILES string of the molecule is CC1CCCC2(C(=O)O)CC[C@]3(C)C(=CCC4C5(C)CCC(OC(=O)/C=C/c6ccc(O)cc6)C(C)(C)C5CCC43C)C12.CO. The van der Waals surface area contributed by atoms with Gasteiger partial charge in [-0.15, -0.1) is 0 Å². The van der Waals surface area contributed by atoms with E-state index in [1.54, 1.807) is 30.3 Å². The van der Waals surface area contributed by atoms with Gasteiger partial charge in [0.25, 0.3) is 0 Å². The van der Waals surface area contributed by atoms with Gasteiger partial charge in [-0.3, -0.25) is 4.79 Å². The van der Waals surface area contributed by atoms with Crippen molar-refractivity contribution < 1.29 is 29.6 Å². The first kappa shape index (κ1) is 33.8. The first-order valence-electron chi connectivity index (χ1n) is 17.3. The number of phenols is 1. The number of hydrogen-bond acceptors (Lipinski definition) is 5. The van der Waals surface area contributed by atoms with Crippen LogP contribution in [-0.2, 0) is 14.3 Å². The predicted molar refractivity (Wildman–Crippen MR) is 177 cm³/mol. The molecule has 6 heteroatoms. The van der Waals surface area contributed by atoms with Crippen LogP contribution < -0.4 is 0 Å². The average molecular weight is 621 g/mol. The van der Waals surface area contributed by atoms with E-state index in [1.165, 1.54) is 11.6 Å². The number of aliphatic carboxylic acids is 1. The largest absolute Gasteiger partial charge is 0.508 e. The van der Waals surface area contributed by atoms with E-state index in [9.17, 15) is 19.8 Å². The monoisotopic (exact) mass is 620 g/mol. The zero-order valence-corrected chi connectivity index (χ0v) is 28.6. The molecule has 0 aliphatic heterocycles. The lowest BCUT2D eigenvalue weighted by Crippen LogP contribution is -2.65. The molecule has 6 nitrogen and oxygen atoms in total. The summed E-state index contributed by atoms with van der Waals surface area (Å²) in [6.07, 6.45) is 15.6. The number of carboxylic acid groups (broad SMARTS) is 1. The second-order valence-electron chi connectivity index (χ2n) is 16.3. The Morgan fingerprint density at radius 3 is 2.24 bits per heavy atom. The zero-order valence-electron chi connectivity index (χ0n) is 28.6. The van der Waals surface area contributed by atoms with E-state index in [1.807, 2.05) is 0 Å². The molecule has 0 amide bonds. The van der Waals surface area contributed by atoms with E-state index in [0.717, 1.165) is 76.9 Å². The summed E-state index contributed by atoms with van der Waals surface area (Å²) in [4.78, 5) is 25.8. The van der Waals surface area contributed by atoms with E-state index < -0.39 is 11.4 Å². The second kappa shape index (κ2) is 11.9. The Morgan fingerprint density at radius 2 is 1.58 bits per heavy atom. The van der Waals surface area contributed by atoms with Gasteiger partial charge < -0.3 is 20.1 Å². The number of aromatic hydroxyl groups is 1. The molecule has 1 aromatic rings. The van der Waals surface area contributed by atoms with E-state index in [0.29, 0.717) is 17.8 Å². The third-order valence-corrected chi connectivity index (χ3v) is 14.3. The van der Waals surface area contributed by atoms with Gasteiger partial charge >= 0.3 is 11.9 Å². The Balaban J connectivity index is 0.00000196. The van der Waals surface area contributed by atoms with E-state index in [4.69, 9.17) is 9.84 Å². The first-order valence-corrected chi connectivity index (χ1v) is 17.3. The molecule has 248 valence electrons. The summed E-state index contributed by atoms with van der Waals surface area (Å²) in [6, 6.07) is 6.79. The molecule has 0 radical (unpaired) electrons. The Hall–Kier alpha value is -2.60. The number of carbonyl (C=O) groups excluding carboxylic acids is 1. The van der Waals surface area contributed by atoms with Crippen LogP contribution in [0.25, 0.3) is 6.08 Å². The molecule has 0 aromatic heterocycles. The molecule has 0 spiro atoms. The molecule has 45 heavy (non-hydrogen) atoms. The number of benzene rings is 1. The fraction of sp³-hybridized carbons (Fsp3) is 0.692. The predicted octanol–water partition coefficient (Wildman–Crippen LogP) is 8.42. The minimum Gasteiger partial charge on any atom is -0.508 e. The molecule has 4 saturated carbocycles.